The molecule has 0 saturated carbocycles. The second-order valence-electron chi connectivity index (χ2n) is 8.03. The second-order valence-corrected chi connectivity index (χ2v) is 8.46. The molecule has 0 bridgehead atoms. The van der Waals surface area contributed by atoms with E-state index in [1.54, 1.807) is 14.1 Å². The molecule has 2 aromatic carbocycles. The predicted octanol–water partition coefficient (Wildman–Crippen LogP) is 2.64. The van der Waals surface area contributed by atoms with Crippen LogP contribution in [0.4, 0.5) is 0 Å². The average molecular weight is 443 g/mol. The maximum absolute atomic E-state index is 12.7. The molecular weight excluding hydrogens is 412 g/mol. The minimum Gasteiger partial charge on any atom is -0.348 e. The van der Waals surface area contributed by atoms with E-state index in [0.29, 0.717) is 6.54 Å². The number of benzene rings is 2. The van der Waals surface area contributed by atoms with E-state index < -0.39 is 0 Å². The Labute approximate surface area is 189 Å². The minimum absolute atomic E-state index is 0.0381. The Hall–Kier alpha value is -2.41. The molecule has 1 atom stereocenters. The number of carbonyl (C=O) groups excluding carboxylic acids is 2. The summed E-state index contributed by atoms with van der Waals surface area (Å²) in [5.41, 5.74) is 2.42. The Morgan fingerprint density at radius 2 is 1.61 bits per heavy atom. The minimum atomic E-state index is -0.0384. The van der Waals surface area contributed by atoms with E-state index in [1.165, 1.54) is 16.0 Å². The number of nitrogens with zero attached hydrogens (tertiary/aromatic N) is 3. The van der Waals surface area contributed by atoms with Crippen LogP contribution in [0.3, 0.4) is 0 Å². The van der Waals surface area contributed by atoms with E-state index in [1.807, 2.05) is 23.1 Å². The van der Waals surface area contributed by atoms with Crippen molar-refractivity contribution in [2.75, 3.05) is 53.4 Å². The van der Waals surface area contributed by atoms with Gasteiger partial charge in [0.05, 0.1) is 19.1 Å². The van der Waals surface area contributed by atoms with Gasteiger partial charge in [0.15, 0.2) is 0 Å². The number of hydrogen-bond acceptors (Lipinski definition) is 4. The van der Waals surface area contributed by atoms with Gasteiger partial charge in [-0.25, -0.2) is 0 Å². The van der Waals surface area contributed by atoms with Crippen molar-refractivity contribution in [3.63, 3.8) is 0 Å². The molecule has 1 N–H and O–H groups in total. The lowest BCUT2D eigenvalue weighted by Crippen LogP contribution is -2.43. The molecule has 1 aliphatic heterocycles. The molecule has 2 amide bonds. The molecule has 7 heteroatoms. The molecule has 1 aliphatic rings. The lowest BCUT2D eigenvalue weighted by Gasteiger charge is -2.31. The number of carbonyl (C=O) groups is 2. The van der Waals surface area contributed by atoms with Crippen LogP contribution in [0.25, 0.3) is 0 Å². The van der Waals surface area contributed by atoms with Crippen molar-refractivity contribution >= 4 is 23.4 Å². The van der Waals surface area contributed by atoms with Crippen molar-refractivity contribution < 1.29 is 9.59 Å². The van der Waals surface area contributed by atoms with E-state index >= 15 is 0 Å². The topological polar surface area (TPSA) is 55.9 Å². The van der Waals surface area contributed by atoms with Crippen LogP contribution in [0.15, 0.2) is 54.6 Å². The largest absolute Gasteiger partial charge is 0.348 e. The van der Waals surface area contributed by atoms with Crippen LogP contribution < -0.4 is 5.32 Å². The first kappa shape index (κ1) is 23.3. The van der Waals surface area contributed by atoms with Crippen LogP contribution in [0.1, 0.15) is 23.6 Å². The summed E-state index contributed by atoms with van der Waals surface area (Å²) in [5, 5.41) is 3.69. The lowest BCUT2D eigenvalue weighted by molar-refractivity contribution is -0.130. The number of rotatable bonds is 7. The highest BCUT2D eigenvalue weighted by Gasteiger charge is 2.26. The van der Waals surface area contributed by atoms with Crippen LogP contribution in [0.5, 0.6) is 0 Å². The van der Waals surface area contributed by atoms with E-state index in [4.69, 9.17) is 11.6 Å². The predicted molar refractivity (Wildman–Crippen MR) is 124 cm³/mol. The number of nitrogens with one attached hydrogen (secondary N) is 1. The van der Waals surface area contributed by atoms with Gasteiger partial charge in [0.2, 0.25) is 11.8 Å². The summed E-state index contributed by atoms with van der Waals surface area (Å²) in [6, 6.07) is 18.6. The Bertz CT molecular complexity index is 858. The molecule has 166 valence electrons. The Morgan fingerprint density at radius 3 is 2.29 bits per heavy atom. The van der Waals surface area contributed by atoms with Gasteiger partial charge in [-0.15, -0.1) is 0 Å². The van der Waals surface area contributed by atoms with Gasteiger partial charge >= 0.3 is 0 Å². The summed E-state index contributed by atoms with van der Waals surface area (Å²) in [6.07, 6.45) is 0.902. The Kier molecular flexibility index (Phi) is 8.46. The third-order valence-corrected chi connectivity index (χ3v) is 5.85. The van der Waals surface area contributed by atoms with Crippen molar-refractivity contribution in [1.29, 1.82) is 0 Å². The molecule has 2 aromatic rings. The summed E-state index contributed by atoms with van der Waals surface area (Å²) < 4.78 is 0. The zero-order valence-electron chi connectivity index (χ0n) is 18.3. The number of amides is 2. The van der Waals surface area contributed by atoms with E-state index in [2.05, 4.69) is 46.6 Å². The number of likely N-dealkylation sites (N-methyl/N-ethyl adjacent to an activating group) is 1. The molecule has 1 fully saturated rings. The van der Waals surface area contributed by atoms with Crippen molar-refractivity contribution in [2.24, 2.45) is 0 Å². The molecule has 1 unspecified atom stereocenters. The molecule has 0 spiro atoms. The van der Waals surface area contributed by atoms with Crippen molar-refractivity contribution in [3.8, 4) is 0 Å². The van der Waals surface area contributed by atoms with Gasteiger partial charge in [0.1, 0.15) is 0 Å². The summed E-state index contributed by atoms with van der Waals surface area (Å²) in [6.45, 7) is 3.42. The third kappa shape index (κ3) is 6.53. The molecular formula is C24H31ClN4O2. The smallest absolute Gasteiger partial charge is 0.236 e. The van der Waals surface area contributed by atoms with Crippen LogP contribution >= 0.6 is 11.6 Å². The lowest BCUT2D eigenvalue weighted by atomic mass is 9.97. The first-order valence-electron chi connectivity index (χ1n) is 10.7. The van der Waals surface area contributed by atoms with E-state index in [9.17, 15) is 9.59 Å². The molecule has 1 saturated heterocycles. The molecule has 31 heavy (non-hydrogen) atoms. The summed E-state index contributed by atoms with van der Waals surface area (Å²) in [5.74, 6) is -0.000306. The third-order valence-electron chi connectivity index (χ3n) is 5.60. The first-order valence-corrected chi connectivity index (χ1v) is 11.1. The highest BCUT2D eigenvalue weighted by molar-refractivity contribution is 6.30. The molecule has 1 heterocycles. The molecule has 0 radical (unpaired) electrons. The van der Waals surface area contributed by atoms with Gasteiger partial charge < -0.3 is 9.80 Å². The fourth-order valence-corrected chi connectivity index (χ4v) is 4.01. The SMILES string of the molecule is CN(C)C(=O)CNCC(=O)N1CCCN(C(c2ccccc2)c2ccc(Cl)cc2)CC1. The van der Waals surface area contributed by atoms with E-state index in [-0.39, 0.29) is 30.9 Å². The van der Waals surface area contributed by atoms with Gasteiger partial charge in [-0.2, -0.15) is 0 Å². The highest BCUT2D eigenvalue weighted by atomic mass is 35.5. The summed E-state index contributed by atoms with van der Waals surface area (Å²) in [7, 11) is 3.41. The Balaban J connectivity index is 1.66. The molecule has 0 aliphatic carbocycles. The fourth-order valence-electron chi connectivity index (χ4n) is 3.89. The van der Waals surface area contributed by atoms with Gasteiger partial charge in [-0.05, 0) is 29.7 Å². The summed E-state index contributed by atoms with van der Waals surface area (Å²) >= 11 is 6.12. The maximum atomic E-state index is 12.7. The van der Waals surface area contributed by atoms with Crippen LogP contribution in [-0.2, 0) is 9.59 Å². The molecule has 3 rings (SSSR count). The van der Waals surface area contributed by atoms with Crippen LogP contribution in [-0.4, -0.2) is 79.9 Å². The number of hydrogen-bond donors (Lipinski definition) is 1. The fraction of sp³-hybridized carbons (Fsp3) is 0.417. The number of halogens is 1. The van der Waals surface area contributed by atoms with Gasteiger partial charge in [0, 0.05) is 45.3 Å². The van der Waals surface area contributed by atoms with Gasteiger partial charge in [0.25, 0.3) is 0 Å². The quantitative estimate of drug-likeness (QED) is 0.716. The Morgan fingerprint density at radius 1 is 0.935 bits per heavy atom. The summed E-state index contributed by atoms with van der Waals surface area (Å²) in [4.78, 5) is 30.2. The van der Waals surface area contributed by atoms with Crippen molar-refractivity contribution in [3.05, 3.63) is 70.7 Å². The average Bonchev–Trinajstić information content (AvgIpc) is 3.02. The van der Waals surface area contributed by atoms with Crippen molar-refractivity contribution in [2.45, 2.75) is 12.5 Å². The van der Waals surface area contributed by atoms with Crippen LogP contribution in [0.2, 0.25) is 5.02 Å². The maximum Gasteiger partial charge on any atom is 0.236 e. The molecule has 0 aromatic heterocycles. The molecule has 6 nitrogen and oxygen atoms in total. The van der Waals surface area contributed by atoms with Crippen molar-refractivity contribution in [1.82, 2.24) is 20.0 Å². The van der Waals surface area contributed by atoms with Gasteiger partial charge in [-0.3, -0.25) is 19.8 Å². The zero-order chi connectivity index (χ0) is 22.2. The first-order chi connectivity index (χ1) is 15.0. The van der Waals surface area contributed by atoms with E-state index in [0.717, 1.165) is 31.1 Å². The standard InChI is InChI=1S/C24H31ClN4O2/c1-27(2)22(30)17-26-18-23(31)28-13-6-14-29(16-15-28)24(19-7-4-3-5-8-19)20-9-11-21(25)12-10-20/h3-5,7-12,24,26H,6,13-18H2,1-2H3. The zero-order valence-corrected chi connectivity index (χ0v) is 19.0. The van der Waals surface area contributed by atoms with Gasteiger partial charge in [-0.1, -0.05) is 54.1 Å². The monoisotopic (exact) mass is 442 g/mol. The van der Waals surface area contributed by atoms with Crippen LogP contribution in [0, 0.1) is 0 Å². The highest BCUT2D eigenvalue weighted by Crippen LogP contribution is 2.30. The second kappa shape index (κ2) is 11.3. The normalized spacial score (nSPS) is 15.9.